The SMILES string of the molecule is COc1cc(-c2ccc(C(=O)O)cc2)c(O)cc1-c1ccc(C(=O)O)cc1. The summed E-state index contributed by atoms with van der Waals surface area (Å²) >= 11 is 0. The number of rotatable bonds is 5. The largest absolute Gasteiger partial charge is 0.507 e. The highest BCUT2D eigenvalue weighted by atomic mass is 16.5. The molecule has 0 fully saturated rings. The van der Waals surface area contributed by atoms with Crippen molar-refractivity contribution >= 4 is 11.9 Å². The molecular formula is C21H16O6. The molecule has 0 aliphatic rings. The van der Waals surface area contributed by atoms with Crippen molar-refractivity contribution in [2.24, 2.45) is 0 Å². The predicted octanol–water partition coefficient (Wildman–Crippen LogP) is 4.13. The van der Waals surface area contributed by atoms with Gasteiger partial charge in [0.05, 0.1) is 18.2 Å². The second-order valence-corrected chi connectivity index (χ2v) is 5.83. The van der Waals surface area contributed by atoms with Crippen molar-refractivity contribution in [1.82, 2.24) is 0 Å². The number of carbonyl (C=O) groups is 2. The van der Waals surface area contributed by atoms with Gasteiger partial charge in [-0.25, -0.2) is 9.59 Å². The van der Waals surface area contributed by atoms with Gasteiger partial charge < -0.3 is 20.1 Å². The highest BCUT2D eigenvalue weighted by Gasteiger charge is 2.14. The highest BCUT2D eigenvalue weighted by Crippen LogP contribution is 2.40. The average Bonchev–Trinajstić information content (AvgIpc) is 2.68. The van der Waals surface area contributed by atoms with Crippen molar-refractivity contribution in [1.29, 1.82) is 0 Å². The van der Waals surface area contributed by atoms with E-state index in [-0.39, 0.29) is 16.9 Å². The third-order valence-corrected chi connectivity index (χ3v) is 4.20. The van der Waals surface area contributed by atoms with Crippen molar-refractivity contribution < 1.29 is 29.6 Å². The van der Waals surface area contributed by atoms with E-state index >= 15 is 0 Å². The molecular weight excluding hydrogens is 348 g/mol. The second kappa shape index (κ2) is 7.21. The van der Waals surface area contributed by atoms with Crippen LogP contribution in [-0.4, -0.2) is 34.4 Å². The lowest BCUT2D eigenvalue weighted by atomic mass is 9.97. The fourth-order valence-corrected chi connectivity index (χ4v) is 2.78. The van der Waals surface area contributed by atoms with Crippen LogP contribution in [0.25, 0.3) is 22.3 Å². The molecule has 6 nitrogen and oxygen atoms in total. The minimum absolute atomic E-state index is 0.00353. The number of methoxy groups -OCH3 is 1. The van der Waals surface area contributed by atoms with Gasteiger partial charge in [-0.05, 0) is 47.5 Å². The molecule has 0 spiro atoms. The molecule has 0 saturated carbocycles. The molecule has 0 aromatic heterocycles. The van der Waals surface area contributed by atoms with E-state index in [1.165, 1.54) is 37.4 Å². The first-order valence-electron chi connectivity index (χ1n) is 7.99. The van der Waals surface area contributed by atoms with Crippen LogP contribution in [0.3, 0.4) is 0 Å². The van der Waals surface area contributed by atoms with Crippen LogP contribution in [0.1, 0.15) is 20.7 Å². The number of aromatic hydroxyl groups is 1. The van der Waals surface area contributed by atoms with Crippen molar-refractivity contribution in [3.8, 4) is 33.8 Å². The monoisotopic (exact) mass is 364 g/mol. The molecule has 0 bridgehead atoms. The number of phenols is 1. The molecule has 0 aliphatic carbocycles. The molecule has 3 aromatic carbocycles. The Morgan fingerprint density at radius 2 is 1.19 bits per heavy atom. The molecule has 3 N–H and O–H groups in total. The number of hydrogen-bond acceptors (Lipinski definition) is 4. The molecule has 3 aromatic rings. The number of aromatic carboxylic acids is 2. The summed E-state index contributed by atoms with van der Waals surface area (Å²) in [5.74, 6) is -1.55. The van der Waals surface area contributed by atoms with E-state index in [2.05, 4.69) is 0 Å². The maximum absolute atomic E-state index is 11.0. The second-order valence-electron chi connectivity index (χ2n) is 5.83. The van der Waals surface area contributed by atoms with E-state index in [4.69, 9.17) is 14.9 Å². The lowest BCUT2D eigenvalue weighted by Crippen LogP contribution is -1.96. The van der Waals surface area contributed by atoms with E-state index in [0.29, 0.717) is 28.0 Å². The van der Waals surface area contributed by atoms with E-state index in [1.807, 2.05) is 0 Å². The fourth-order valence-electron chi connectivity index (χ4n) is 2.78. The Balaban J connectivity index is 2.05. The van der Waals surface area contributed by atoms with Gasteiger partial charge in [0.2, 0.25) is 0 Å². The van der Waals surface area contributed by atoms with Crippen molar-refractivity contribution in [3.05, 3.63) is 71.8 Å². The van der Waals surface area contributed by atoms with E-state index in [1.54, 1.807) is 30.3 Å². The Labute approximate surface area is 154 Å². The van der Waals surface area contributed by atoms with Crippen LogP contribution < -0.4 is 4.74 Å². The van der Waals surface area contributed by atoms with Crippen LogP contribution in [-0.2, 0) is 0 Å². The van der Waals surface area contributed by atoms with Gasteiger partial charge in [0.15, 0.2) is 0 Å². The third-order valence-electron chi connectivity index (χ3n) is 4.20. The average molecular weight is 364 g/mol. The number of hydrogen-bond donors (Lipinski definition) is 3. The molecule has 0 unspecified atom stereocenters. The molecule has 0 aliphatic heterocycles. The third kappa shape index (κ3) is 3.59. The molecule has 0 amide bonds. The predicted molar refractivity (Wildman–Crippen MR) is 99.4 cm³/mol. The topological polar surface area (TPSA) is 104 Å². The zero-order valence-electron chi connectivity index (χ0n) is 14.3. The number of phenolic OH excluding ortho intramolecular Hbond substituents is 1. The standard InChI is InChI=1S/C21H16O6/c1-27-19-11-16(12-2-6-14(7-3-12)20(23)24)18(22)10-17(19)13-4-8-15(9-5-13)21(25)26/h2-11,22H,1H3,(H,23,24)(H,25,26). The summed E-state index contributed by atoms with van der Waals surface area (Å²) in [5, 5.41) is 28.5. The van der Waals surface area contributed by atoms with Crippen LogP contribution in [0.15, 0.2) is 60.7 Å². The Kier molecular flexibility index (Phi) is 4.81. The molecule has 0 atom stereocenters. The minimum atomic E-state index is -1.02. The van der Waals surface area contributed by atoms with Gasteiger partial charge in [0.1, 0.15) is 11.5 Å². The number of ether oxygens (including phenoxy) is 1. The number of benzene rings is 3. The van der Waals surface area contributed by atoms with Gasteiger partial charge in [-0.2, -0.15) is 0 Å². The molecule has 0 heterocycles. The molecule has 136 valence electrons. The number of carboxylic acid groups (broad SMARTS) is 2. The molecule has 0 radical (unpaired) electrons. The lowest BCUT2D eigenvalue weighted by Gasteiger charge is -2.13. The quantitative estimate of drug-likeness (QED) is 0.629. The molecule has 27 heavy (non-hydrogen) atoms. The van der Waals surface area contributed by atoms with Gasteiger partial charge >= 0.3 is 11.9 Å². The Morgan fingerprint density at radius 3 is 1.59 bits per heavy atom. The molecule has 0 saturated heterocycles. The van der Waals surface area contributed by atoms with Gasteiger partial charge in [-0.1, -0.05) is 24.3 Å². The molecule has 6 heteroatoms. The van der Waals surface area contributed by atoms with Crippen LogP contribution in [0.4, 0.5) is 0 Å². The summed E-state index contributed by atoms with van der Waals surface area (Å²) in [7, 11) is 1.50. The van der Waals surface area contributed by atoms with Crippen molar-refractivity contribution in [2.75, 3.05) is 7.11 Å². The first kappa shape index (κ1) is 18.0. The van der Waals surface area contributed by atoms with Gasteiger partial charge in [0, 0.05) is 11.1 Å². The van der Waals surface area contributed by atoms with Crippen molar-refractivity contribution in [3.63, 3.8) is 0 Å². The highest BCUT2D eigenvalue weighted by molar-refractivity contribution is 5.90. The molecule has 3 rings (SSSR count). The van der Waals surface area contributed by atoms with Crippen LogP contribution >= 0.6 is 0 Å². The summed E-state index contributed by atoms with van der Waals surface area (Å²) in [6.07, 6.45) is 0. The van der Waals surface area contributed by atoms with E-state index in [9.17, 15) is 14.7 Å². The van der Waals surface area contributed by atoms with Crippen LogP contribution in [0.2, 0.25) is 0 Å². The Bertz CT molecular complexity index is 1000. The summed E-state index contributed by atoms with van der Waals surface area (Å²) < 4.78 is 5.44. The normalized spacial score (nSPS) is 10.4. The minimum Gasteiger partial charge on any atom is -0.507 e. The maximum atomic E-state index is 11.0. The van der Waals surface area contributed by atoms with Crippen molar-refractivity contribution in [2.45, 2.75) is 0 Å². The summed E-state index contributed by atoms with van der Waals surface area (Å²) in [6.45, 7) is 0. The zero-order chi connectivity index (χ0) is 19.6. The summed E-state index contributed by atoms with van der Waals surface area (Å²) in [4.78, 5) is 22.0. The van der Waals surface area contributed by atoms with Gasteiger partial charge in [0.25, 0.3) is 0 Å². The first-order chi connectivity index (χ1) is 12.9. The van der Waals surface area contributed by atoms with Gasteiger partial charge in [-0.15, -0.1) is 0 Å². The van der Waals surface area contributed by atoms with E-state index < -0.39 is 11.9 Å². The lowest BCUT2D eigenvalue weighted by molar-refractivity contribution is 0.0686. The maximum Gasteiger partial charge on any atom is 0.335 e. The first-order valence-corrected chi connectivity index (χ1v) is 7.99. The Hall–Kier alpha value is -3.80. The number of carboxylic acids is 2. The smallest absolute Gasteiger partial charge is 0.335 e. The van der Waals surface area contributed by atoms with Crippen LogP contribution in [0, 0.1) is 0 Å². The summed E-state index contributed by atoms with van der Waals surface area (Å²) in [6, 6.07) is 15.6. The Morgan fingerprint density at radius 1 is 0.741 bits per heavy atom. The van der Waals surface area contributed by atoms with Gasteiger partial charge in [-0.3, -0.25) is 0 Å². The fraction of sp³-hybridized carbons (Fsp3) is 0.0476. The van der Waals surface area contributed by atoms with Crippen LogP contribution in [0.5, 0.6) is 11.5 Å². The van der Waals surface area contributed by atoms with E-state index in [0.717, 1.165) is 0 Å². The zero-order valence-corrected chi connectivity index (χ0v) is 14.3. The summed E-state index contributed by atoms with van der Waals surface area (Å²) in [5.41, 5.74) is 2.76.